The van der Waals surface area contributed by atoms with E-state index in [9.17, 15) is 14.8 Å². The van der Waals surface area contributed by atoms with Crippen LogP contribution in [0.2, 0.25) is 0 Å². The van der Waals surface area contributed by atoms with Gasteiger partial charge < -0.3 is 9.64 Å². The predicted octanol–water partition coefficient (Wildman–Crippen LogP) is 3.07. The van der Waals surface area contributed by atoms with Crippen LogP contribution in [0.15, 0.2) is 60.8 Å². The van der Waals surface area contributed by atoms with E-state index in [2.05, 4.69) is 23.2 Å². The molecule has 7 nitrogen and oxygen atoms in total. The number of ether oxygens (including phenoxy) is 1. The molecule has 0 spiro atoms. The highest BCUT2D eigenvalue weighted by Gasteiger charge is 2.42. The van der Waals surface area contributed by atoms with Crippen LogP contribution >= 0.6 is 0 Å². The highest BCUT2D eigenvalue weighted by atomic mass is 16.5. The third-order valence-electron chi connectivity index (χ3n) is 6.16. The number of rotatable bonds is 5. The Balaban J connectivity index is 1.42. The van der Waals surface area contributed by atoms with Crippen LogP contribution in [0, 0.1) is 11.8 Å². The average Bonchev–Trinajstić information content (AvgIpc) is 2.84. The second kappa shape index (κ2) is 9.75. The summed E-state index contributed by atoms with van der Waals surface area (Å²) in [6.07, 6.45) is 5.83. The molecule has 0 bridgehead atoms. The van der Waals surface area contributed by atoms with Gasteiger partial charge in [0, 0.05) is 25.4 Å². The summed E-state index contributed by atoms with van der Waals surface area (Å²) in [5.41, 5.74) is 4.16. The Morgan fingerprint density at radius 2 is 1.87 bits per heavy atom. The Hall–Kier alpha value is -3.19. The lowest BCUT2D eigenvalue weighted by Gasteiger charge is -2.37. The minimum absolute atomic E-state index is 0.0340. The number of benzene rings is 1. The number of hydrogen-bond donors (Lipinski definition) is 2. The molecule has 1 aromatic carbocycles. The van der Waals surface area contributed by atoms with E-state index >= 15 is 0 Å². The summed E-state index contributed by atoms with van der Waals surface area (Å²) in [4.78, 5) is 31.6. The monoisotopic (exact) mass is 421 g/mol. The molecular weight excluding hydrogens is 394 g/mol. The van der Waals surface area contributed by atoms with Crippen molar-refractivity contribution in [1.29, 1.82) is 0 Å². The lowest BCUT2D eigenvalue weighted by molar-refractivity contribution is -0.148. The molecule has 1 saturated carbocycles. The first-order chi connectivity index (χ1) is 15.2. The lowest BCUT2D eigenvalue weighted by Crippen LogP contribution is -2.48. The first-order valence-corrected chi connectivity index (χ1v) is 10.7. The molecule has 2 N–H and O–H groups in total. The lowest BCUT2D eigenvalue weighted by atomic mass is 9.76. The average molecular weight is 421 g/mol. The van der Waals surface area contributed by atoms with Crippen molar-refractivity contribution in [2.45, 2.75) is 31.8 Å². The Kier molecular flexibility index (Phi) is 6.62. The Morgan fingerprint density at radius 3 is 2.55 bits per heavy atom. The van der Waals surface area contributed by atoms with Gasteiger partial charge in [-0.2, -0.15) is 0 Å². The molecule has 1 fully saturated rings. The molecule has 4 rings (SSSR count). The van der Waals surface area contributed by atoms with Crippen molar-refractivity contribution in [2.24, 2.45) is 11.8 Å². The molecule has 7 heteroatoms. The fraction of sp³-hybridized carbons (Fsp3) is 0.375. The van der Waals surface area contributed by atoms with E-state index in [1.807, 2.05) is 29.2 Å². The van der Waals surface area contributed by atoms with Crippen LogP contribution in [0.25, 0.3) is 5.57 Å². The number of carbonyl (C=O) groups is 2. The molecule has 2 aliphatic rings. The number of amides is 2. The smallest absolute Gasteiger partial charge is 0.247 e. The van der Waals surface area contributed by atoms with Crippen LogP contribution in [0.5, 0.6) is 5.88 Å². The topological polar surface area (TPSA) is 91.8 Å². The fourth-order valence-electron chi connectivity index (χ4n) is 4.51. The normalized spacial score (nSPS) is 23.6. The molecule has 2 amide bonds. The number of nitrogens with zero attached hydrogens (tertiary/aromatic N) is 2. The minimum atomic E-state index is -0.639. The zero-order valence-electron chi connectivity index (χ0n) is 17.3. The SMILES string of the molecule is O=C(NO)C1CC(Oc2ccccn2)CCC1C(=O)N1CC=C(c2ccccc2)CC1. The molecule has 2 heterocycles. The summed E-state index contributed by atoms with van der Waals surface area (Å²) in [6.45, 7) is 1.15. The van der Waals surface area contributed by atoms with Gasteiger partial charge in [-0.05, 0) is 42.9 Å². The number of pyridine rings is 1. The largest absolute Gasteiger partial charge is 0.474 e. The zero-order chi connectivity index (χ0) is 21.6. The first kappa shape index (κ1) is 21.1. The molecule has 3 unspecified atom stereocenters. The van der Waals surface area contributed by atoms with Gasteiger partial charge in [-0.25, -0.2) is 10.5 Å². The van der Waals surface area contributed by atoms with Gasteiger partial charge in [0.2, 0.25) is 17.7 Å². The van der Waals surface area contributed by atoms with E-state index in [4.69, 9.17) is 4.74 Å². The highest BCUT2D eigenvalue weighted by molar-refractivity contribution is 5.88. The molecule has 1 aliphatic carbocycles. The zero-order valence-corrected chi connectivity index (χ0v) is 17.3. The van der Waals surface area contributed by atoms with Crippen molar-refractivity contribution in [3.05, 3.63) is 66.4 Å². The first-order valence-electron chi connectivity index (χ1n) is 10.7. The predicted molar refractivity (Wildman–Crippen MR) is 115 cm³/mol. The number of nitrogens with one attached hydrogen (secondary N) is 1. The fourth-order valence-corrected chi connectivity index (χ4v) is 4.51. The number of carbonyl (C=O) groups excluding carboxylic acids is 2. The van der Waals surface area contributed by atoms with Crippen molar-refractivity contribution in [2.75, 3.05) is 13.1 Å². The maximum Gasteiger partial charge on any atom is 0.247 e. The van der Waals surface area contributed by atoms with E-state index in [1.165, 1.54) is 11.1 Å². The summed E-state index contributed by atoms with van der Waals surface area (Å²) < 4.78 is 5.91. The van der Waals surface area contributed by atoms with E-state index in [1.54, 1.807) is 23.8 Å². The van der Waals surface area contributed by atoms with Crippen molar-refractivity contribution in [1.82, 2.24) is 15.4 Å². The van der Waals surface area contributed by atoms with Gasteiger partial charge in [0.15, 0.2) is 0 Å². The molecule has 3 atom stereocenters. The van der Waals surface area contributed by atoms with Crippen molar-refractivity contribution in [3.8, 4) is 5.88 Å². The summed E-state index contributed by atoms with van der Waals surface area (Å²) in [7, 11) is 0. The van der Waals surface area contributed by atoms with E-state index in [-0.39, 0.29) is 12.0 Å². The maximum atomic E-state index is 13.3. The summed E-state index contributed by atoms with van der Waals surface area (Å²) in [5, 5.41) is 9.25. The summed E-state index contributed by atoms with van der Waals surface area (Å²) in [5.74, 6) is -1.18. The van der Waals surface area contributed by atoms with E-state index in [0.717, 1.165) is 6.42 Å². The van der Waals surface area contributed by atoms with E-state index < -0.39 is 17.7 Å². The van der Waals surface area contributed by atoms with Crippen LogP contribution in [0.4, 0.5) is 0 Å². The second-order valence-electron chi connectivity index (χ2n) is 8.04. The van der Waals surface area contributed by atoms with Gasteiger partial charge in [-0.15, -0.1) is 0 Å². The Labute approximate surface area is 181 Å². The number of hydrogen-bond acceptors (Lipinski definition) is 5. The molecule has 31 heavy (non-hydrogen) atoms. The summed E-state index contributed by atoms with van der Waals surface area (Å²) >= 11 is 0. The molecule has 162 valence electrons. The third-order valence-corrected chi connectivity index (χ3v) is 6.16. The van der Waals surface area contributed by atoms with Crippen LogP contribution in [0.3, 0.4) is 0 Å². The van der Waals surface area contributed by atoms with Gasteiger partial charge in [0.25, 0.3) is 0 Å². The van der Waals surface area contributed by atoms with Crippen molar-refractivity contribution < 1.29 is 19.5 Å². The van der Waals surface area contributed by atoms with Crippen LogP contribution in [-0.4, -0.2) is 46.1 Å². The van der Waals surface area contributed by atoms with Gasteiger partial charge in [-0.1, -0.05) is 42.5 Å². The Morgan fingerprint density at radius 1 is 1.06 bits per heavy atom. The maximum absolute atomic E-state index is 13.3. The van der Waals surface area contributed by atoms with Crippen LogP contribution < -0.4 is 10.2 Å². The number of hydroxylamine groups is 1. The molecule has 0 radical (unpaired) electrons. The van der Waals surface area contributed by atoms with Crippen molar-refractivity contribution in [3.63, 3.8) is 0 Å². The van der Waals surface area contributed by atoms with Crippen LogP contribution in [0.1, 0.15) is 31.2 Å². The van der Waals surface area contributed by atoms with Gasteiger partial charge in [0.1, 0.15) is 6.10 Å². The van der Waals surface area contributed by atoms with Crippen LogP contribution in [-0.2, 0) is 9.59 Å². The van der Waals surface area contributed by atoms with Gasteiger partial charge in [-0.3, -0.25) is 14.8 Å². The molecule has 0 saturated heterocycles. The third kappa shape index (κ3) is 4.94. The molecular formula is C24H27N3O4. The molecule has 1 aromatic heterocycles. The van der Waals surface area contributed by atoms with Gasteiger partial charge in [0.05, 0.1) is 11.8 Å². The van der Waals surface area contributed by atoms with E-state index in [0.29, 0.717) is 38.2 Å². The minimum Gasteiger partial charge on any atom is -0.474 e. The highest BCUT2D eigenvalue weighted by Crippen LogP contribution is 2.35. The standard InChI is InChI=1S/C24H27N3O4/c28-23(26-30)21-16-19(31-22-8-4-5-13-25-22)9-10-20(21)24(29)27-14-11-18(12-15-27)17-6-2-1-3-7-17/h1-8,11,13,19-21,30H,9-10,12,14-16H2,(H,26,28). The Bertz CT molecular complexity index is 932. The summed E-state index contributed by atoms with van der Waals surface area (Å²) in [6, 6.07) is 15.6. The second-order valence-corrected chi connectivity index (χ2v) is 8.04. The number of aromatic nitrogens is 1. The van der Waals surface area contributed by atoms with Crippen molar-refractivity contribution >= 4 is 17.4 Å². The molecule has 1 aliphatic heterocycles. The van der Waals surface area contributed by atoms with Gasteiger partial charge >= 0.3 is 0 Å². The quantitative estimate of drug-likeness (QED) is 0.572. The molecule has 2 aromatic rings.